The Morgan fingerprint density at radius 3 is 2.85 bits per heavy atom. The van der Waals surface area contributed by atoms with Crippen molar-refractivity contribution in [2.45, 2.75) is 38.8 Å². The lowest BCUT2D eigenvalue weighted by atomic mass is 9.84. The number of hydrogen-bond acceptors (Lipinski definition) is 4. The quantitative estimate of drug-likeness (QED) is 0.855. The van der Waals surface area contributed by atoms with Gasteiger partial charge in [0, 0.05) is 29.8 Å². The lowest BCUT2D eigenvalue weighted by Gasteiger charge is -2.33. The summed E-state index contributed by atoms with van der Waals surface area (Å²) in [5.74, 6) is 0.715. The van der Waals surface area contributed by atoms with Gasteiger partial charge in [0.15, 0.2) is 0 Å². The van der Waals surface area contributed by atoms with Crippen LogP contribution in [0.25, 0.3) is 0 Å². The van der Waals surface area contributed by atoms with Crippen LogP contribution in [0.4, 0.5) is 0 Å². The number of pyridine rings is 1. The molecule has 132 valence electrons. The largest absolute Gasteiger partial charge is 0.487 e. The first-order chi connectivity index (χ1) is 12.5. The van der Waals surface area contributed by atoms with Crippen LogP contribution in [-0.2, 0) is 11.2 Å². The van der Waals surface area contributed by atoms with Crippen molar-refractivity contribution in [2.75, 3.05) is 6.54 Å². The minimum atomic E-state index is -0.515. The van der Waals surface area contributed by atoms with Gasteiger partial charge in [-0.15, -0.1) is 0 Å². The summed E-state index contributed by atoms with van der Waals surface area (Å²) in [7, 11) is 0. The van der Waals surface area contributed by atoms with E-state index in [1.54, 1.807) is 6.20 Å². The van der Waals surface area contributed by atoms with Gasteiger partial charge in [0.2, 0.25) is 5.91 Å². The number of nitriles is 1. The van der Waals surface area contributed by atoms with E-state index in [2.05, 4.69) is 23.2 Å². The summed E-state index contributed by atoms with van der Waals surface area (Å²) in [6.45, 7) is 4.55. The molecule has 1 amide bonds. The molecule has 2 atom stereocenters. The number of amides is 1. The van der Waals surface area contributed by atoms with E-state index < -0.39 is 5.41 Å². The number of nitrogens with zero attached hydrogens (tertiary/aromatic N) is 3. The molecule has 2 aliphatic heterocycles. The molecule has 0 saturated carbocycles. The standard InChI is InChI=1S/C21H21N3O2/c1-21(2,9-14-6-4-3-5-7-14)20(25)24-13-16-8-18(24)17-12-23-11-15(10-22)19(17)26-16/h3-7,11-12,16,18H,8-9,13H2,1-2H3/t16-,18-/m0/s1. The van der Waals surface area contributed by atoms with Crippen LogP contribution in [0, 0.1) is 16.7 Å². The molecule has 1 fully saturated rings. The second-order valence-electron chi connectivity index (χ2n) is 7.71. The third kappa shape index (κ3) is 2.72. The highest BCUT2D eigenvalue weighted by Gasteiger charge is 2.46. The van der Waals surface area contributed by atoms with Gasteiger partial charge in [0.1, 0.15) is 23.5 Å². The highest BCUT2D eigenvalue weighted by molar-refractivity contribution is 5.83. The van der Waals surface area contributed by atoms with Gasteiger partial charge in [-0.3, -0.25) is 9.78 Å². The molecule has 1 saturated heterocycles. The van der Waals surface area contributed by atoms with Crippen molar-refractivity contribution in [2.24, 2.45) is 5.41 Å². The SMILES string of the molecule is CC(C)(Cc1ccccc1)C(=O)N1C[C@@H]2C[C@H]1c1cncc(C#N)c1O2. The third-order valence-corrected chi connectivity index (χ3v) is 5.28. The van der Waals surface area contributed by atoms with Gasteiger partial charge in [-0.25, -0.2) is 0 Å². The average Bonchev–Trinajstić information content (AvgIpc) is 2.98. The van der Waals surface area contributed by atoms with E-state index >= 15 is 0 Å². The highest BCUT2D eigenvalue weighted by atomic mass is 16.5. The van der Waals surface area contributed by atoms with Crippen LogP contribution in [0.2, 0.25) is 0 Å². The zero-order valence-corrected chi connectivity index (χ0v) is 15.0. The molecular weight excluding hydrogens is 326 g/mol. The number of aromatic nitrogens is 1. The zero-order valence-electron chi connectivity index (χ0n) is 15.0. The molecule has 26 heavy (non-hydrogen) atoms. The van der Waals surface area contributed by atoms with Gasteiger partial charge >= 0.3 is 0 Å². The van der Waals surface area contributed by atoms with Gasteiger partial charge in [-0.05, 0) is 12.0 Å². The number of benzene rings is 1. The molecule has 1 aromatic carbocycles. The summed E-state index contributed by atoms with van der Waals surface area (Å²) >= 11 is 0. The Labute approximate surface area is 153 Å². The fraction of sp³-hybridized carbons (Fsp3) is 0.381. The maximum atomic E-state index is 13.4. The Morgan fingerprint density at radius 1 is 1.35 bits per heavy atom. The van der Waals surface area contributed by atoms with Crippen molar-refractivity contribution < 1.29 is 9.53 Å². The van der Waals surface area contributed by atoms with Gasteiger partial charge in [0.25, 0.3) is 0 Å². The Bertz CT molecular complexity index is 886. The van der Waals surface area contributed by atoms with E-state index in [1.807, 2.05) is 36.9 Å². The van der Waals surface area contributed by atoms with Crippen LogP contribution in [0.15, 0.2) is 42.7 Å². The molecule has 0 aliphatic carbocycles. The Morgan fingerprint density at radius 2 is 2.12 bits per heavy atom. The predicted molar refractivity (Wildman–Crippen MR) is 96.4 cm³/mol. The molecular formula is C21H21N3O2. The molecule has 0 spiro atoms. The first kappa shape index (κ1) is 16.6. The normalized spacial score (nSPS) is 20.9. The average molecular weight is 347 g/mol. The third-order valence-electron chi connectivity index (χ3n) is 5.28. The molecule has 5 heteroatoms. The second-order valence-corrected chi connectivity index (χ2v) is 7.71. The highest BCUT2D eigenvalue weighted by Crippen LogP contribution is 2.46. The zero-order chi connectivity index (χ0) is 18.3. The Kier molecular flexibility index (Phi) is 3.91. The minimum absolute atomic E-state index is 0.0570. The van der Waals surface area contributed by atoms with Crippen molar-refractivity contribution in [1.82, 2.24) is 9.88 Å². The molecule has 4 rings (SSSR count). The van der Waals surface area contributed by atoms with Gasteiger partial charge in [-0.2, -0.15) is 5.26 Å². The van der Waals surface area contributed by atoms with E-state index in [1.165, 1.54) is 6.20 Å². The van der Waals surface area contributed by atoms with Crippen LogP contribution in [0.1, 0.15) is 43.0 Å². The summed E-state index contributed by atoms with van der Waals surface area (Å²) in [6, 6.07) is 12.2. The Balaban J connectivity index is 1.62. The van der Waals surface area contributed by atoms with E-state index in [4.69, 9.17) is 4.74 Å². The fourth-order valence-corrected chi connectivity index (χ4v) is 4.05. The molecule has 0 N–H and O–H groups in total. The first-order valence-electron chi connectivity index (χ1n) is 8.89. The lowest BCUT2D eigenvalue weighted by molar-refractivity contribution is -0.141. The van der Waals surface area contributed by atoms with E-state index in [-0.39, 0.29) is 18.1 Å². The monoisotopic (exact) mass is 347 g/mol. The molecule has 5 nitrogen and oxygen atoms in total. The number of carbonyl (C=O) groups excluding carboxylic acids is 1. The maximum Gasteiger partial charge on any atom is 0.229 e. The van der Waals surface area contributed by atoms with Crippen molar-refractivity contribution in [3.05, 3.63) is 59.4 Å². The lowest BCUT2D eigenvalue weighted by Crippen LogP contribution is -2.42. The van der Waals surface area contributed by atoms with Crippen LogP contribution < -0.4 is 4.74 Å². The first-order valence-corrected chi connectivity index (χ1v) is 8.89. The van der Waals surface area contributed by atoms with Crippen molar-refractivity contribution in [3.63, 3.8) is 0 Å². The number of hydrogen-bond donors (Lipinski definition) is 0. The van der Waals surface area contributed by atoms with Crippen molar-refractivity contribution in [1.29, 1.82) is 5.26 Å². The predicted octanol–water partition coefficient (Wildman–Crippen LogP) is 3.26. The van der Waals surface area contributed by atoms with Crippen LogP contribution >= 0.6 is 0 Å². The topological polar surface area (TPSA) is 66.2 Å². The van der Waals surface area contributed by atoms with Gasteiger partial charge < -0.3 is 9.64 Å². The minimum Gasteiger partial charge on any atom is -0.487 e. The molecule has 2 aliphatic rings. The summed E-state index contributed by atoms with van der Waals surface area (Å²) in [5, 5.41) is 9.30. The van der Waals surface area contributed by atoms with E-state index in [0.717, 1.165) is 17.5 Å². The smallest absolute Gasteiger partial charge is 0.229 e. The summed E-state index contributed by atoms with van der Waals surface area (Å²) < 4.78 is 6.00. The van der Waals surface area contributed by atoms with Crippen LogP contribution in [0.3, 0.4) is 0 Å². The molecule has 0 radical (unpaired) electrons. The molecule has 2 aromatic rings. The summed E-state index contributed by atoms with van der Waals surface area (Å²) in [5.41, 5.74) is 1.93. The van der Waals surface area contributed by atoms with Gasteiger partial charge in [-0.1, -0.05) is 44.2 Å². The van der Waals surface area contributed by atoms with Crippen molar-refractivity contribution in [3.8, 4) is 11.8 Å². The number of likely N-dealkylation sites (tertiary alicyclic amines) is 1. The molecule has 2 bridgehead atoms. The molecule has 1 aromatic heterocycles. The number of rotatable bonds is 3. The fourth-order valence-electron chi connectivity index (χ4n) is 4.05. The van der Waals surface area contributed by atoms with Crippen LogP contribution in [0.5, 0.6) is 5.75 Å². The maximum absolute atomic E-state index is 13.4. The van der Waals surface area contributed by atoms with Crippen molar-refractivity contribution >= 4 is 5.91 Å². The van der Waals surface area contributed by atoms with Gasteiger partial charge in [0.05, 0.1) is 12.6 Å². The number of ether oxygens (including phenoxy) is 1. The second kappa shape index (κ2) is 6.14. The number of fused-ring (bicyclic) bond motifs is 4. The summed E-state index contributed by atoms with van der Waals surface area (Å²) in [6.07, 6.45) is 4.64. The number of carbonyl (C=O) groups is 1. The van der Waals surface area contributed by atoms with Crippen LogP contribution in [-0.4, -0.2) is 28.4 Å². The Hall–Kier alpha value is -2.87. The van der Waals surface area contributed by atoms with E-state index in [9.17, 15) is 10.1 Å². The summed E-state index contributed by atoms with van der Waals surface area (Å²) in [4.78, 5) is 19.5. The molecule has 0 unspecified atom stereocenters. The van der Waals surface area contributed by atoms with E-state index in [0.29, 0.717) is 24.3 Å². The molecule has 3 heterocycles.